The minimum absolute atomic E-state index is 0.0474. The van der Waals surface area contributed by atoms with E-state index in [1.165, 1.54) is 24.3 Å². The summed E-state index contributed by atoms with van der Waals surface area (Å²) in [6.45, 7) is 2.42. The van der Waals surface area contributed by atoms with Crippen molar-refractivity contribution in [1.29, 1.82) is 0 Å². The molecule has 0 amide bonds. The average molecular weight is 316 g/mol. The molecule has 2 aromatic carbocycles. The molecule has 8 nitrogen and oxygen atoms in total. The van der Waals surface area contributed by atoms with Crippen molar-refractivity contribution in [1.82, 2.24) is 10.9 Å². The minimum atomic E-state index is -0.438. The number of benzene rings is 2. The molecule has 2 N–H and O–H groups in total. The molecule has 0 bridgehead atoms. The molecule has 120 valence electrons. The fourth-order valence-electron chi connectivity index (χ4n) is 2.01. The first-order chi connectivity index (χ1) is 11.0. The predicted molar refractivity (Wildman–Crippen MR) is 84.6 cm³/mol. The third-order valence-corrected chi connectivity index (χ3v) is 3.36. The van der Waals surface area contributed by atoms with Gasteiger partial charge >= 0.3 is 0 Å². The molecule has 0 aliphatic carbocycles. The molecule has 2 aromatic rings. The van der Waals surface area contributed by atoms with E-state index in [4.69, 9.17) is 0 Å². The van der Waals surface area contributed by atoms with Crippen molar-refractivity contribution in [2.75, 3.05) is 0 Å². The average Bonchev–Trinajstić information content (AvgIpc) is 2.55. The van der Waals surface area contributed by atoms with E-state index < -0.39 is 9.85 Å². The van der Waals surface area contributed by atoms with Gasteiger partial charge in [-0.1, -0.05) is 24.3 Å². The number of hydrogen-bond donors (Lipinski definition) is 2. The van der Waals surface area contributed by atoms with Gasteiger partial charge in [-0.25, -0.2) is 0 Å². The van der Waals surface area contributed by atoms with Gasteiger partial charge in [0.05, 0.1) is 9.85 Å². The molecule has 0 fully saturated rings. The fourth-order valence-corrected chi connectivity index (χ4v) is 2.01. The monoisotopic (exact) mass is 316 g/mol. The van der Waals surface area contributed by atoms with Crippen molar-refractivity contribution in [2.45, 2.75) is 19.5 Å². The Morgan fingerprint density at radius 3 is 1.87 bits per heavy atom. The van der Waals surface area contributed by atoms with Crippen LogP contribution in [0.5, 0.6) is 0 Å². The zero-order valence-corrected chi connectivity index (χ0v) is 12.4. The largest absolute Gasteiger partial charge is 0.269 e. The molecule has 0 aliphatic rings. The van der Waals surface area contributed by atoms with E-state index in [9.17, 15) is 20.2 Å². The summed E-state index contributed by atoms with van der Waals surface area (Å²) < 4.78 is 0. The van der Waals surface area contributed by atoms with Crippen molar-refractivity contribution in [3.8, 4) is 0 Å². The van der Waals surface area contributed by atoms with Crippen molar-refractivity contribution >= 4 is 11.4 Å². The van der Waals surface area contributed by atoms with Gasteiger partial charge in [-0.05, 0) is 18.1 Å². The summed E-state index contributed by atoms with van der Waals surface area (Å²) in [5.41, 5.74) is 8.03. The van der Waals surface area contributed by atoms with E-state index in [1.54, 1.807) is 24.3 Å². The van der Waals surface area contributed by atoms with Crippen LogP contribution in [-0.4, -0.2) is 9.85 Å². The Bertz CT molecular complexity index is 686. The van der Waals surface area contributed by atoms with Gasteiger partial charge in [0.1, 0.15) is 0 Å². The van der Waals surface area contributed by atoms with Gasteiger partial charge in [0, 0.05) is 36.9 Å². The van der Waals surface area contributed by atoms with Gasteiger partial charge in [-0.2, -0.15) is 0 Å². The van der Waals surface area contributed by atoms with Crippen LogP contribution in [0.3, 0.4) is 0 Å². The predicted octanol–water partition coefficient (Wildman–Crippen LogP) is 2.86. The van der Waals surface area contributed by atoms with Crippen molar-refractivity contribution in [3.63, 3.8) is 0 Å². The summed E-state index contributed by atoms with van der Waals surface area (Å²) in [6.07, 6.45) is 0. The third-order valence-electron chi connectivity index (χ3n) is 3.36. The van der Waals surface area contributed by atoms with Gasteiger partial charge in [-0.3, -0.25) is 31.1 Å². The zero-order valence-electron chi connectivity index (χ0n) is 12.4. The summed E-state index contributed by atoms with van der Waals surface area (Å²) in [5, 5.41) is 21.2. The zero-order chi connectivity index (χ0) is 16.8. The lowest BCUT2D eigenvalue weighted by Crippen LogP contribution is -2.33. The number of hydrazine groups is 1. The van der Waals surface area contributed by atoms with Crippen LogP contribution in [0.15, 0.2) is 48.5 Å². The molecule has 0 radical (unpaired) electrons. The maximum absolute atomic E-state index is 10.6. The number of rotatable bonds is 7. The van der Waals surface area contributed by atoms with E-state index in [1.807, 2.05) is 6.92 Å². The second-order valence-corrected chi connectivity index (χ2v) is 4.99. The lowest BCUT2D eigenvalue weighted by molar-refractivity contribution is -0.385. The quantitative estimate of drug-likeness (QED) is 0.600. The lowest BCUT2D eigenvalue weighted by atomic mass is 10.1. The molecular weight excluding hydrogens is 300 g/mol. The van der Waals surface area contributed by atoms with E-state index in [-0.39, 0.29) is 17.4 Å². The number of nitrogens with zero attached hydrogens (tertiary/aromatic N) is 2. The summed E-state index contributed by atoms with van der Waals surface area (Å²) in [4.78, 5) is 20.3. The second-order valence-electron chi connectivity index (χ2n) is 4.99. The van der Waals surface area contributed by atoms with Crippen molar-refractivity contribution < 1.29 is 9.85 Å². The number of hydrogen-bond acceptors (Lipinski definition) is 6. The van der Waals surface area contributed by atoms with Crippen LogP contribution in [0.1, 0.15) is 24.1 Å². The van der Waals surface area contributed by atoms with E-state index in [0.717, 1.165) is 11.1 Å². The maximum Gasteiger partial charge on any atom is 0.269 e. The highest BCUT2D eigenvalue weighted by Gasteiger charge is 2.09. The second kappa shape index (κ2) is 7.43. The number of non-ortho nitro benzene ring substituents is 2. The maximum atomic E-state index is 10.6. The molecule has 1 unspecified atom stereocenters. The van der Waals surface area contributed by atoms with Gasteiger partial charge in [-0.15, -0.1) is 0 Å². The molecule has 8 heteroatoms. The molecule has 2 rings (SSSR count). The van der Waals surface area contributed by atoms with Crippen LogP contribution in [0.4, 0.5) is 11.4 Å². The van der Waals surface area contributed by atoms with Gasteiger partial charge in [0.15, 0.2) is 0 Å². The van der Waals surface area contributed by atoms with E-state index in [0.29, 0.717) is 6.54 Å². The van der Waals surface area contributed by atoms with Crippen molar-refractivity contribution in [3.05, 3.63) is 79.9 Å². The van der Waals surface area contributed by atoms with E-state index >= 15 is 0 Å². The summed E-state index contributed by atoms with van der Waals surface area (Å²) in [7, 11) is 0. The normalized spacial score (nSPS) is 11.9. The van der Waals surface area contributed by atoms with Crippen LogP contribution in [0.2, 0.25) is 0 Å². The van der Waals surface area contributed by atoms with Crippen LogP contribution < -0.4 is 10.9 Å². The topological polar surface area (TPSA) is 110 Å². The summed E-state index contributed by atoms with van der Waals surface area (Å²) in [5.74, 6) is 0. The summed E-state index contributed by atoms with van der Waals surface area (Å²) >= 11 is 0. The molecule has 0 saturated carbocycles. The highest BCUT2D eigenvalue weighted by Crippen LogP contribution is 2.17. The third kappa shape index (κ3) is 4.56. The Balaban J connectivity index is 1.85. The minimum Gasteiger partial charge on any atom is -0.258 e. The molecule has 0 spiro atoms. The standard InChI is InChI=1S/C15H16N4O4/c1-11(13-4-8-15(9-5-13)19(22)23)17-16-10-12-2-6-14(7-3-12)18(20)21/h2-9,11,16-17H,10H2,1H3. The Hall–Kier alpha value is -2.84. The molecular formula is C15H16N4O4. The van der Waals surface area contributed by atoms with Crippen LogP contribution in [0, 0.1) is 20.2 Å². The smallest absolute Gasteiger partial charge is 0.258 e. The Labute approximate surface area is 132 Å². The van der Waals surface area contributed by atoms with Crippen molar-refractivity contribution in [2.24, 2.45) is 0 Å². The van der Waals surface area contributed by atoms with Crippen LogP contribution in [0.25, 0.3) is 0 Å². The molecule has 0 heterocycles. The Kier molecular flexibility index (Phi) is 5.34. The molecule has 0 aliphatic heterocycles. The molecule has 23 heavy (non-hydrogen) atoms. The number of nitro benzene ring substituents is 2. The first-order valence-corrected chi connectivity index (χ1v) is 6.93. The van der Waals surface area contributed by atoms with Gasteiger partial charge in [0.25, 0.3) is 11.4 Å². The Morgan fingerprint density at radius 1 is 0.913 bits per heavy atom. The first-order valence-electron chi connectivity index (χ1n) is 6.93. The number of nitro groups is 2. The Morgan fingerprint density at radius 2 is 1.39 bits per heavy atom. The lowest BCUT2D eigenvalue weighted by Gasteiger charge is -2.15. The molecule has 0 aromatic heterocycles. The van der Waals surface area contributed by atoms with E-state index in [2.05, 4.69) is 10.9 Å². The SMILES string of the molecule is CC(NNCc1ccc([N+](=O)[O-])cc1)c1ccc([N+](=O)[O-])cc1. The number of nitrogens with one attached hydrogen (secondary N) is 2. The van der Waals surface area contributed by atoms with Crippen LogP contribution in [-0.2, 0) is 6.54 Å². The molecule has 0 saturated heterocycles. The summed E-state index contributed by atoms with van der Waals surface area (Å²) in [6, 6.07) is 12.6. The van der Waals surface area contributed by atoms with Crippen LogP contribution >= 0.6 is 0 Å². The fraction of sp³-hybridized carbons (Fsp3) is 0.200. The highest BCUT2D eigenvalue weighted by molar-refractivity contribution is 5.34. The van der Waals surface area contributed by atoms with Gasteiger partial charge in [0.2, 0.25) is 0 Å². The first kappa shape index (κ1) is 16.5. The highest BCUT2D eigenvalue weighted by atomic mass is 16.6. The van der Waals surface area contributed by atoms with Gasteiger partial charge < -0.3 is 0 Å². The molecule has 1 atom stereocenters.